The summed E-state index contributed by atoms with van der Waals surface area (Å²) in [6.07, 6.45) is 4.17. The molecule has 1 aromatic rings. The fraction of sp³-hybridized carbons (Fsp3) is 0.222. The number of rotatable bonds is 3. The number of hydrogen-bond acceptors (Lipinski definition) is 3. The molecule has 0 radical (unpaired) electrons. The van der Waals surface area contributed by atoms with Gasteiger partial charge in [-0.25, -0.2) is 4.79 Å². The molecule has 0 fully saturated rings. The van der Waals surface area contributed by atoms with E-state index in [1.165, 1.54) is 6.08 Å². The Bertz CT molecular complexity index is 404. The van der Waals surface area contributed by atoms with Crippen LogP contribution in [0.2, 0.25) is 0 Å². The Labute approximate surface area is 80.7 Å². The van der Waals surface area contributed by atoms with Gasteiger partial charge in [-0.1, -0.05) is 0 Å². The van der Waals surface area contributed by atoms with Gasteiger partial charge in [-0.05, 0) is 19.1 Å². The van der Waals surface area contributed by atoms with Gasteiger partial charge < -0.3 is 5.11 Å². The van der Waals surface area contributed by atoms with Gasteiger partial charge in [0.15, 0.2) is 0 Å². The second-order valence-electron chi connectivity index (χ2n) is 2.85. The fourth-order valence-electron chi connectivity index (χ4n) is 1.02. The third-order valence-corrected chi connectivity index (χ3v) is 1.68. The minimum atomic E-state index is -1.46. The van der Waals surface area contributed by atoms with Crippen LogP contribution in [0.4, 0.5) is 0 Å². The zero-order chi connectivity index (χ0) is 10.7. The Morgan fingerprint density at radius 1 is 1.57 bits per heavy atom. The number of aliphatic carboxylic acids is 1. The number of nitrogens with zero attached hydrogens (tertiary/aromatic N) is 2. The van der Waals surface area contributed by atoms with Crippen LogP contribution in [-0.4, -0.2) is 26.6 Å². The van der Waals surface area contributed by atoms with Crippen LogP contribution >= 0.6 is 0 Å². The molecule has 0 atom stereocenters. The monoisotopic (exact) mass is 194 g/mol. The van der Waals surface area contributed by atoms with E-state index in [0.717, 1.165) is 17.3 Å². The first-order chi connectivity index (χ1) is 6.50. The van der Waals surface area contributed by atoms with Gasteiger partial charge in [0.05, 0.1) is 5.69 Å². The number of ketones is 1. The molecule has 0 bridgehead atoms. The van der Waals surface area contributed by atoms with Crippen LogP contribution in [-0.2, 0) is 16.6 Å². The quantitative estimate of drug-likeness (QED) is 0.558. The lowest BCUT2D eigenvalue weighted by Crippen LogP contribution is -2.08. The number of carboxylic acid groups (broad SMARTS) is 1. The van der Waals surface area contributed by atoms with Gasteiger partial charge in [0.1, 0.15) is 0 Å². The van der Waals surface area contributed by atoms with Crippen LogP contribution in [0.15, 0.2) is 12.3 Å². The molecule has 74 valence electrons. The number of carbonyl (C=O) groups excluding carboxylic acids is 1. The van der Waals surface area contributed by atoms with Crippen molar-refractivity contribution in [3.05, 3.63) is 23.5 Å². The molecule has 0 unspecified atom stereocenters. The van der Waals surface area contributed by atoms with Crippen molar-refractivity contribution in [1.82, 2.24) is 9.78 Å². The van der Waals surface area contributed by atoms with Gasteiger partial charge in [0.2, 0.25) is 0 Å². The molecule has 1 rings (SSSR count). The molecule has 0 saturated carbocycles. The molecule has 5 heteroatoms. The molecular weight excluding hydrogens is 184 g/mol. The second-order valence-corrected chi connectivity index (χ2v) is 2.85. The summed E-state index contributed by atoms with van der Waals surface area (Å²) in [6.45, 7) is 1.78. The van der Waals surface area contributed by atoms with E-state index in [2.05, 4.69) is 5.10 Å². The van der Waals surface area contributed by atoms with E-state index >= 15 is 0 Å². The first kappa shape index (κ1) is 10.2. The van der Waals surface area contributed by atoms with Crippen LogP contribution in [0.1, 0.15) is 11.3 Å². The summed E-state index contributed by atoms with van der Waals surface area (Å²) in [5.41, 5.74) is 1.49. The van der Waals surface area contributed by atoms with E-state index in [1.54, 1.807) is 24.9 Å². The molecule has 14 heavy (non-hydrogen) atoms. The highest BCUT2D eigenvalue weighted by Gasteiger charge is 2.06. The molecule has 0 aliphatic carbocycles. The molecule has 0 aliphatic rings. The Hall–Kier alpha value is -1.91. The zero-order valence-corrected chi connectivity index (χ0v) is 7.89. The Balaban J connectivity index is 2.83. The molecule has 5 nitrogen and oxygen atoms in total. The van der Waals surface area contributed by atoms with Gasteiger partial charge in [-0.3, -0.25) is 9.48 Å². The second kappa shape index (κ2) is 3.87. The van der Waals surface area contributed by atoms with Gasteiger partial charge in [-0.15, -0.1) is 0 Å². The van der Waals surface area contributed by atoms with Crippen LogP contribution in [0.5, 0.6) is 0 Å². The number of hydrogen-bond donors (Lipinski definition) is 1. The fourth-order valence-corrected chi connectivity index (χ4v) is 1.02. The van der Waals surface area contributed by atoms with Crippen molar-refractivity contribution in [3.63, 3.8) is 0 Å². The van der Waals surface area contributed by atoms with Crippen LogP contribution < -0.4 is 0 Å². The normalized spacial score (nSPS) is 10.7. The molecule has 0 saturated heterocycles. The Morgan fingerprint density at radius 2 is 2.21 bits per heavy atom. The molecule has 0 aliphatic heterocycles. The average Bonchev–Trinajstić information content (AvgIpc) is 2.40. The highest BCUT2D eigenvalue weighted by molar-refractivity contribution is 6.38. The van der Waals surface area contributed by atoms with Crippen molar-refractivity contribution in [2.24, 2.45) is 7.05 Å². The summed E-state index contributed by atoms with van der Waals surface area (Å²) in [5.74, 6) is -2.39. The average molecular weight is 194 g/mol. The SMILES string of the molecule is Cc1nn(C)cc1/C=C/C(=O)C(=O)O. The molecule has 0 amide bonds. The van der Waals surface area contributed by atoms with Crippen LogP contribution in [0.3, 0.4) is 0 Å². The van der Waals surface area contributed by atoms with Crippen molar-refractivity contribution in [3.8, 4) is 0 Å². The third kappa shape index (κ3) is 2.29. The molecule has 1 heterocycles. The summed E-state index contributed by atoms with van der Waals surface area (Å²) in [6, 6.07) is 0. The topological polar surface area (TPSA) is 72.2 Å². The Kier molecular flexibility index (Phi) is 2.81. The van der Waals surface area contributed by atoms with E-state index in [-0.39, 0.29) is 0 Å². The lowest BCUT2D eigenvalue weighted by molar-refractivity contribution is -0.146. The maximum atomic E-state index is 10.7. The lowest BCUT2D eigenvalue weighted by Gasteiger charge is -1.86. The molecule has 0 aromatic carbocycles. The Morgan fingerprint density at radius 3 is 2.64 bits per heavy atom. The predicted octanol–water partition coefficient (Wildman–Crippen LogP) is 0.395. The minimum absolute atomic E-state index is 0.738. The number of carboxylic acids is 1. The molecule has 1 N–H and O–H groups in total. The van der Waals surface area contributed by atoms with Crippen molar-refractivity contribution < 1.29 is 14.7 Å². The smallest absolute Gasteiger partial charge is 0.376 e. The highest BCUT2D eigenvalue weighted by Crippen LogP contribution is 2.06. The van der Waals surface area contributed by atoms with Crippen molar-refractivity contribution in [1.29, 1.82) is 0 Å². The summed E-state index contributed by atoms with van der Waals surface area (Å²) in [5, 5.41) is 12.4. The first-order valence-corrected chi connectivity index (χ1v) is 3.96. The summed E-state index contributed by atoms with van der Waals surface area (Å²) in [7, 11) is 1.75. The largest absolute Gasteiger partial charge is 0.475 e. The summed E-state index contributed by atoms with van der Waals surface area (Å²) in [4.78, 5) is 20.9. The van der Waals surface area contributed by atoms with Gasteiger partial charge >= 0.3 is 5.97 Å². The highest BCUT2D eigenvalue weighted by atomic mass is 16.4. The third-order valence-electron chi connectivity index (χ3n) is 1.68. The molecule has 1 aromatic heterocycles. The van der Waals surface area contributed by atoms with Crippen molar-refractivity contribution >= 4 is 17.8 Å². The molecule has 0 spiro atoms. The number of aryl methyl sites for hydroxylation is 2. The predicted molar refractivity (Wildman–Crippen MR) is 49.6 cm³/mol. The lowest BCUT2D eigenvalue weighted by atomic mass is 10.2. The maximum Gasteiger partial charge on any atom is 0.376 e. The number of aromatic nitrogens is 2. The van der Waals surface area contributed by atoms with E-state index in [9.17, 15) is 9.59 Å². The van der Waals surface area contributed by atoms with Crippen LogP contribution in [0.25, 0.3) is 6.08 Å². The minimum Gasteiger partial charge on any atom is -0.475 e. The maximum absolute atomic E-state index is 10.7. The van der Waals surface area contributed by atoms with E-state index < -0.39 is 11.8 Å². The van der Waals surface area contributed by atoms with Crippen LogP contribution in [0, 0.1) is 6.92 Å². The van der Waals surface area contributed by atoms with Crippen molar-refractivity contribution in [2.75, 3.05) is 0 Å². The zero-order valence-electron chi connectivity index (χ0n) is 7.89. The molecular formula is C9H10N2O3. The van der Waals surface area contributed by atoms with Crippen molar-refractivity contribution in [2.45, 2.75) is 6.92 Å². The number of carbonyl (C=O) groups is 2. The van der Waals surface area contributed by atoms with E-state index in [4.69, 9.17) is 5.11 Å². The standard InChI is InChI=1S/C9H10N2O3/c1-6-7(5-11(2)10-6)3-4-8(12)9(13)14/h3-5H,1-2H3,(H,13,14)/b4-3+. The van der Waals surface area contributed by atoms with E-state index in [0.29, 0.717) is 0 Å². The first-order valence-electron chi connectivity index (χ1n) is 3.96. The van der Waals surface area contributed by atoms with E-state index in [1.807, 2.05) is 0 Å². The van der Waals surface area contributed by atoms with Gasteiger partial charge in [0, 0.05) is 18.8 Å². The summed E-state index contributed by atoms with van der Waals surface area (Å²) < 4.78 is 1.60. The van der Waals surface area contributed by atoms with Gasteiger partial charge in [0.25, 0.3) is 5.78 Å². The van der Waals surface area contributed by atoms with Gasteiger partial charge in [-0.2, -0.15) is 5.10 Å². The summed E-state index contributed by atoms with van der Waals surface area (Å²) >= 11 is 0.